The van der Waals surface area contributed by atoms with Gasteiger partial charge in [0.1, 0.15) is 12.2 Å². The van der Waals surface area contributed by atoms with Gasteiger partial charge in [-0.25, -0.2) is 30.1 Å². The number of rotatable bonds is 5. The second kappa shape index (κ2) is 6.63. The first-order valence-electron chi connectivity index (χ1n) is 6.96. The van der Waals surface area contributed by atoms with Gasteiger partial charge in [0.2, 0.25) is 11.6 Å². The third-order valence-electron chi connectivity index (χ3n) is 4.11. The Morgan fingerprint density at radius 3 is 1.45 bits per heavy atom. The maximum Gasteiger partial charge on any atom is 0.228 e. The molecule has 0 aromatic rings. The molecular formula is C12H22O8. The highest BCUT2D eigenvalue weighted by atomic mass is 17.2. The molecule has 0 aromatic carbocycles. The van der Waals surface area contributed by atoms with Gasteiger partial charge >= 0.3 is 0 Å². The average Bonchev–Trinajstić information content (AvgIpc) is 2.48. The number of hydrogen-bond donors (Lipinski definition) is 4. The fourth-order valence-corrected chi connectivity index (χ4v) is 2.78. The molecule has 0 heterocycles. The Morgan fingerprint density at radius 1 is 0.700 bits per heavy atom. The van der Waals surface area contributed by atoms with E-state index >= 15 is 0 Å². The molecule has 2 aliphatic carbocycles. The highest BCUT2D eigenvalue weighted by Gasteiger charge is 2.46. The fraction of sp³-hybridized carbons (Fsp3) is 1.00. The molecule has 0 radical (unpaired) electrons. The van der Waals surface area contributed by atoms with Crippen LogP contribution in [0.4, 0.5) is 0 Å². The first-order chi connectivity index (χ1) is 9.54. The molecule has 4 unspecified atom stereocenters. The van der Waals surface area contributed by atoms with Crippen molar-refractivity contribution in [2.45, 2.75) is 75.1 Å². The predicted octanol–water partition coefficient (Wildman–Crippen LogP) is 1.18. The van der Waals surface area contributed by atoms with Crippen molar-refractivity contribution in [3.8, 4) is 0 Å². The molecule has 4 N–H and O–H groups in total. The standard InChI is InChI=1S/C12H22O8/c13-11(19-15)7-3-1-5-9(11)17-18-10-6-2-4-8-12(10,14)20-16/h9-10,13-16H,1-8H2. The van der Waals surface area contributed by atoms with Crippen LogP contribution in [0.5, 0.6) is 0 Å². The summed E-state index contributed by atoms with van der Waals surface area (Å²) in [5, 5.41) is 37.7. The van der Waals surface area contributed by atoms with E-state index in [0.717, 1.165) is 12.8 Å². The Labute approximate surface area is 116 Å². The van der Waals surface area contributed by atoms with Crippen LogP contribution in [0, 0.1) is 0 Å². The van der Waals surface area contributed by atoms with Crippen LogP contribution in [-0.2, 0) is 19.6 Å². The molecule has 0 bridgehead atoms. The lowest BCUT2D eigenvalue weighted by molar-refractivity contribution is -0.502. The molecule has 8 nitrogen and oxygen atoms in total. The molecule has 20 heavy (non-hydrogen) atoms. The Morgan fingerprint density at radius 2 is 1.10 bits per heavy atom. The first kappa shape index (κ1) is 16.1. The molecule has 0 spiro atoms. The van der Waals surface area contributed by atoms with Gasteiger partial charge in [-0.15, -0.1) is 0 Å². The van der Waals surface area contributed by atoms with E-state index in [9.17, 15) is 10.2 Å². The van der Waals surface area contributed by atoms with Gasteiger partial charge in [0.25, 0.3) is 0 Å². The van der Waals surface area contributed by atoms with Crippen LogP contribution in [0.3, 0.4) is 0 Å². The van der Waals surface area contributed by atoms with Crippen LogP contribution in [0.15, 0.2) is 0 Å². The molecule has 0 aliphatic heterocycles. The summed E-state index contributed by atoms with van der Waals surface area (Å²) in [5.74, 6) is -3.63. The van der Waals surface area contributed by atoms with Crippen LogP contribution in [-0.4, -0.2) is 44.5 Å². The maximum atomic E-state index is 10.0. The minimum Gasteiger partial charge on any atom is -0.361 e. The fourth-order valence-electron chi connectivity index (χ4n) is 2.78. The molecule has 2 rings (SSSR count). The Kier molecular flexibility index (Phi) is 5.32. The topological polar surface area (TPSA) is 118 Å². The smallest absolute Gasteiger partial charge is 0.228 e. The summed E-state index contributed by atoms with van der Waals surface area (Å²) in [5.41, 5.74) is 0. The van der Waals surface area contributed by atoms with Gasteiger partial charge in [-0.05, 0) is 25.7 Å². The zero-order valence-electron chi connectivity index (χ0n) is 11.2. The first-order valence-corrected chi connectivity index (χ1v) is 6.96. The second-order valence-electron chi connectivity index (χ2n) is 5.53. The lowest BCUT2D eigenvalue weighted by Gasteiger charge is -2.39. The van der Waals surface area contributed by atoms with Crippen LogP contribution in [0.2, 0.25) is 0 Å². The summed E-state index contributed by atoms with van der Waals surface area (Å²) in [6.45, 7) is 0. The van der Waals surface area contributed by atoms with Crippen molar-refractivity contribution in [2.24, 2.45) is 0 Å². The summed E-state index contributed by atoms with van der Waals surface area (Å²) >= 11 is 0. The van der Waals surface area contributed by atoms with E-state index in [-0.39, 0.29) is 12.8 Å². The van der Waals surface area contributed by atoms with Crippen molar-refractivity contribution in [1.82, 2.24) is 0 Å². The summed E-state index contributed by atoms with van der Waals surface area (Å²) in [6, 6.07) is 0. The van der Waals surface area contributed by atoms with Crippen LogP contribution in [0.25, 0.3) is 0 Å². The number of hydrogen-bond acceptors (Lipinski definition) is 8. The second-order valence-corrected chi connectivity index (χ2v) is 5.53. The Bertz CT molecular complexity index is 284. The lowest BCUT2D eigenvalue weighted by atomic mass is 9.91. The minimum atomic E-state index is -1.81. The minimum absolute atomic E-state index is 0.225. The summed E-state index contributed by atoms with van der Waals surface area (Å²) < 4.78 is 0. The van der Waals surface area contributed by atoms with Gasteiger partial charge in [0.05, 0.1) is 0 Å². The van der Waals surface area contributed by atoms with Crippen molar-refractivity contribution in [3.63, 3.8) is 0 Å². The Hall–Kier alpha value is -0.320. The normalized spacial score (nSPS) is 42.6. The molecule has 2 fully saturated rings. The van der Waals surface area contributed by atoms with Gasteiger partial charge in [0, 0.05) is 12.8 Å². The quantitative estimate of drug-likeness (QED) is 0.339. The van der Waals surface area contributed by atoms with E-state index in [1.54, 1.807) is 0 Å². The van der Waals surface area contributed by atoms with Gasteiger partial charge in [-0.2, -0.15) is 0 Å². The number of aliphatic hydroxyl groups is 2. The van der Waals surface area contributed by atoms with Gasteiger partial charge < -0.3 is 10.2 Å². The van der Waals surface area contributed by atoms with Gasteiger partial charge in [-0.1, -0.05) is 12.8 Å². The van der Waals surface area contributed by atoms with Crippen molar-refractivity contribution in [1.29, 1.82) is 0 Å². The van der Waals surface area contributed by atoms with Crippen molar-refractivity contribution in [3.05, 3.63) is 0 Å². The largest absolute Gasteiger partial charge is 0.361 e. The van der Waals surface area contributed by atoms with E-state index in [2.05, 4.69) is 9.78 Å². The molecule has 8 heteroatoms. The Balaban J connectivity index is 1.92. The highest BCUT2D eigenvalue weighted by molar-refractivity contribution is 4.84. The molecule has 4 atom stereocenters. The summed E-state index contributed by atoms with van der Waals surface area (Å²) in [6.07, 6.45) is 2.60. The maximum absolute atomic E-state index is 10.0. The van der Waals surface area contributed by atoms with Crippen molar-refractivity contribution in [2.75, 3.05) is 0 Å². The molecule has 0 saturated heterocycles. The summed E-state index contributed by atoms with van der Waals surface area (Å²) in [4.78, 5) is 18.5. The van der Waals surface area contributed by atoms with Crippen LogP contribution >= 0.6 is 0 Å². The molecular weight excluding hydrogens is 272 g/mol. The zero-order valence-corrected chi connectivity index (χ0v) is 11.2. The molecule has 0 aromatic heterocycles. The third-order valence-corrected chi connectivity index (χ3v) is 4.11. The molecule has 2 aliphatic rings. The highest BCUT2D eigenvalue weighted by Crippen LogP contribution is 2.35. The molecule has 0 amide bonds. The SMILES string of the molecule is OOC1(O)CCCCC1OOC1CCCCC1(O)OO. The van der Waals surface area contributed by atoms with E-state index in [1.165, 1.54) is 0 Å². The van der Waals surface area contributed by atoms with E-state index in [4.69, 9.17) is 20.3 Å². The molecule has 2 saturated carbocycles. The van der Waals surface area contributed by atoms with Crippen LogP contribution in [0.1, 0.15) is 51.4 Å². The monoisotopic (exact) mass is 294 g/mol. The third kappa shape index (κ3) is 3.29. The van der Waals surface area contributed by atoms with E-state index < -0.39 is 23.8 Å². The van der Waals surface area contributed by atoms with E-state index in [1.807, 2.05) is 0 Å². The van der Waals surface area contributed by atoms with Crippen molar-refractivity contribution < 1.29 is 40.3 Å². The summed E-state index contributed by atoms with van der Waals surface area (Å²) in [7, 11) is 0. The zero-order chi connectivity index (χ0) is 14.6. The predicted molar refractivity (Wildman–Crippen MR) is 64.0 cm³/mol. The van der Waals surface area contributed by atoms with Gasteiger partial charge in [-0.3, -0.25) is 0 Å². The lowest BCUT2D eigenvalue weighted by Crippen LogP contribution is -2.52. The van der Waals surface area contributed by atoms with E-state index in [0.29, 0.717) is 25.7 Å². The van der Waals surface area contributed by atoms with Crippen LogP contribution < -0.4 is 0 Å². The molecule has 118 valence electrons. The average molecular weight is 294 g/mol. The van der Waals surface area contributed by atoms with Crippen molar-refractivity contribution >= 4 is 0 Å². The van der Waals surface area contributed by atoms with Gasteiger partial charge in [0.15, 0.2) is 0 Å².